The Balaban J connectivity index is 2.08. The van der Waals surface area contributed by atoms with Crippen molar-refractivity contribution in [2.24, 2.45) is 0 Å². The van der Waals surface area contributed by atoms with Crippen LogP contribution in [0.5, 0.6) is 0 Å². The molecule has 0 atom stereocenters. The summed E-state index contributed by atoms with van der Waals surface area (Å²) in [5.41, 5.74) is 0.699. The molecule has 0 bridgehead atoms. The van der Waals surface area contributed by atoms with Gasteiger partial charge in [0.2, 0.25) is 0 Å². The number of nitrogens with zero attached hydrogens (tertiary/aromatic N) is 1. The minimum absolute atomic E-state index is 0.0301. The van der Waals surface area contributed by atoms with Crippen molar-refractivity contribution in [1.82, 2.24) is 20.2 Å². The molecule has 7 heteroatoms. The topological polar surface area (TPSA) is 86.9 Å². The molecule has 0 aromatic carbocycles. The van der Waals surface area contributed by atoms with Crippen molar-refractivity contribution < 1.29 is 8.42 Å². The lowest BCUT2D eigenvalue weighted by molar-refractivity contribution is 0.525. The highest BCUT2D eigenvalue weighted by Gasteiger charge is 2.25. The summed E-state index contributed by atoms with van der Waals surface area (Å²) in [6.07, 6.45) is 5.48. The van der Waals surface area contributed by atoms with Gasteiger partial charge < -0.3 is 5.32 Å². The van der Waals surface area contributed by atoms with Gasteiger partial charge >= 0.3 is 0 Å². The zero-order valence-corrected chi connectivity index (χ0v) is 12.3. The molecule has 1 fully saturated rings. The van der Waals surface area contributed by atoms with Gasteiger partial charge in [0.1, 0.15) is 0 Å². The van der Waals surface area contributed by atoms with Crippen LogP contribution < -0.4 is 10.0 Å². The molecule has 1 aliphatic rings. The van der Waals surface area contributed by atoms with Gasteiger partial charge in [0.05, 0.1) is 6.20 Å². The van der Waals surface area contributed by atoms with Crippen LogP contribution in [0.4, 0.5) is 0 Å². The Kier molecular flexibility index (Phi) is 4.59. The summed E-state index contributed by atoms with van der Waals surface area (Å²) in [7, 11) is -3.51. The van der Waals surface area contributed by atoms with Crippen molar-refractivity contribution in [2.75, 3.05) is 0 Å². The SMILES string of the molecule is CCC(CC)NS(=O)(=O)c1[nH]ncc1CNC1CC1. The van der Waals surface area contributed by atoms with Gasteiger partial charge in [0.25, 0.3) is 10.0 Å². The highest BCUT2D eigenvalue weighted by atomic mass is 32.2. The molecule has 6 nitrogen and oxygen atoms in total. The highest BCUT2D eigenvalue weighted by molar-refractivity contribution is 7.89. The highest BCUT2D eigenvalue weighted by Crippen LogP contribution is 2.20. The molecular weight excluding hydrogens is 264 g/mol. The molecule has 0 saturated heterocycles. The maximum absolute atomic E-state index is 12.3. The quantitative estimate of drug-likeness (QED) is 0.668. The molecular formula is C12H22N4O2S. The average molecular weight is 286 g/mol. The standard InChI is InChI=1S/C12H22N4O2S/c1-3-10(4-2)16-19(17,18)12-9(8-14-15-12)7-13-11-5-6-11/h8,10-11,13,16H,3-7H2,1-2H3,(H,14,15). The van der Waals surface area contributed by atoms with Crippen LogP contribution in [0.2, 0.25) is 0 Å². The van der Waals surface area contributed by atoms with E-state index in [2.05, 4.69) is 20.2 Å². The van der Waals surface area contributed by atoms with Gasteiger partial charge in [-0.25, -0.2) is 13.1 Å². The Morgan fingerprint density at radius 2 is 2.11 bits per heavy atom. The maximum atomic E-state index is 12.3. The minimum atomic E-state index is -3.51. The van der Waals surface area contributed by atoms with E-state index in [9.17, 15) is 8.42 Å². The van der Waals surface area contributed by atoms with Gasteiger partial charge in [0.15, 0.2) is 5.03 Å². The number of sulfonamides is 1. The molecule has 3 N–H and O–H groups in total. The average Bonchev–Trinajstić information content (AvgIpc) is 3.09. The predicted molar refractivity (Wildman–Crippen MR) is 73.1 cm³/mol. The van der Waals surface area contributed by atoms with Crippen molar-refractivity contribution in [2.45, 2.75) is 63.2 Å². The summed E-state index contributed by atoms with van der Waals surface area (Å²) >= 11 is 0. The zero-order valence-electron chi connectivity index (χ0n) is 11.4. The number of aromatic nitrogens is 2. The Morgan fingerprint density at radius 3 is 2.68 bits per heavy atom. The third-order valence-corrected chi connectivity index (χ3v) is 4.95. The predicted octanol–water partition coefficient (Wildman–Crippen LogP) is 1.13. The van der Waals surface area contributed by atoms with Crippen molar-refractivity contribution in [3.8, 4) is 0 Å². The van der Waals surface area contributed by atoms with E-state index < -0.39 is 10.0 Å². The number of H-pyrrole nitrogens is 1. The Morgan fingerprint density at radius 1 is 1.42 bits per heavy atom. The molecule has 0 spiro atoms. The van der Waals surface area contributed by atoms with E-state index in [0.717, 1.165) is 12.8 Å². The van der Waals surface area contributed by atoms with Crippen LogP contribution in [0.15, 0.2) is 11.2 Å². The van der Waals surface area contributed by atoms with Crippen LogP contribution in [0.3, 0.4) is 0 Å². The lowest BCUT2D eigenvalue weighted by atomic mass is 10.2. The van der Waals surface area contributed by atoms with E-state index >= 15 is 0 Å². The Labute approximate surface area is 114 Å². The molecule has 1 aromatic heterocycles. The molecule has 1 aromatic rings. The fourth-order valence-electron chi connectivity index (χ4n) is 1.93. The molecule has 1 saturated carbocycles. The van der Waals surface area contributed by atoms with Gasteiger partial charge in [-0.2, -0.15) is 5.10 Å². The fourth-order valence-corrected chi connectivity index (χ4v) is 3.47. The van der Waals surface area contributed by atoms with Crippen LogP contribution in [0, 0.1) is 0 Å². The van der Waals surface area contributed by atoms with Gasteiger partial charge in [-0.05, 0) is 25.7 Å². The molecule has 1 heterocycles. The van der Waals surface area contributed by atoms with Crippen molar-refractivity contribution in [3.05, 3.63) is 11.8 Å². The zero-order chi connectivity index (χ0) is 13.9. The monoisotopic (exact) mass is 286 g/mol. The lowest BCUT2D eigenvalue weighted by Gasteiger charge is -2.14. The van der Waals surface area contributed by atoms with Crippen LogP contribution in [0.25, 0.3) is 0 Å². The molecule has 0 unspecified atom stereocenters. The van der Waals surface area contributed by atoms with Crippen LogP contribution in [-0.4, -0.2) is 30.7 Å². The van der Waals surface area contributed by atoms with Crippen molar-refractivity contribution >= 4 is 10.0 Å². The molecule has 0 aliphatic heterocycles. The largest absolute Gasteiger partial charge is 0.310 e. The summed E-state index contributed by atoms with van der Waals surface area (Å²) in [6, 6.07) is 0.509. The molecule has 0 amide bonds. The van der Waals surface area contributed by atoms with Gasteiger partial charge in [0, 0.05) is 24.2 Å². The van der Waals surface area contributed by atoms with E-state index in [1.807, 2.05) is 13.8 Å². The Hall–Kier alpha value is -0.920. The summed E-state index contributed by atoms with van der Waals surface area (Å²) in [4.78, 5) is 0. The first-order chi connectivity index (χ1) is 9.06. The summed E-state index contributed by atoms with van der Waals surface area (Å²) in [5.74, 6) is 0. The first kappa shape index (κ1) is 14.5. The van der Waals surface area contributed by atoms with Gasteiger partial charge in [-0.1, -0.05) is 13.8 Å². The van der Waals surface area contributed by atoms with Crippen LogP contribution in [0.1, 0.15) is 45.1 Å². The molecule has 0 radical (unpaired) electrons. The third kappa shape index (κ3) is 3.77. The second kappa shape index (κ2) is 6.02. The number of nitrogens with one attached hydrogen (secondary N) is 3. The second-order valence-corrected chi connectivity index (χ2v) is 6.67. The first-order valence-corrected chi connectivity index (χ1v) is 8.33. The van der Waals surface area contributed by atoms with E-state index in [0.29, 0.717) is 18.2 Å². The van der Waals surface area contributed by atoms with Crippen LogP contribution >= 0.6 is 0 Å². The molecule has 108 valence electrons. The molecule has 1 aliphatic carbocycles. The first-order valence-electron chi connectivity index (χ1n) is 6.84. The molecule has 2 rings (SSSR count). The minimum Gasteiger partial charge on any atom is -0.310 e. The van der Waals surface area contributed by atoms with Crippen molar-refractivity contribution in [3.63, 3.8) is 0 Å². The fraction of sp³-hybridized carbons (Fsp3) is 0.750. The number of rotatable bonds is 8. The Bertz CT molecular complexity index is 504. The van der Waals surface area contributed by atoms with Crippen LogP contribution in [-0.2, 0) is 16.6 Å². The van der Waals surface area contributed by atoms with E-state index in [4.69, 9.17) is 0 Å². The number of hydrogen-bond acceptors (Lipinski definition) is 4. The second-order valence-electron chi connectivity index (χ2n) is 5.01. The van der Waals surface area contributed by atoms with Gasteiger partial charge in [-0.15, -0.1) is 0 Å². The normalized spacial score (nSPS) is 16.2. The van der Waals surface area contributed by atoms with Crippen molar-refractivity contribution in [1.29, 1.82) is 0 Å². The third-order valence-electron chi connectivity index (χ3n) is 3.41. The summed E-state index contributed by atoms with van der Waals surface area (Å²) < 4.78 is 27.3. The maximum Gasteiger partial charge on any atom is 0.258 e. The van der Waals surface area contributed by atoms with Gasteiger partial charge in [-0.3, -0.25) is 5.10 Å². The smallest absolute Gasteiger partial charge is 0.258 e. The summed E-state index contributed by atoms with van der Waals surface area (Å²) in [6.45, 7) is 4.48. The summed E-state index contributed by atoms with van der Waals surface area (Å²) in [5, 5.41) is 9.95. The molecule has 19 heavy (non-hydrogen) atoms. The number of hydrogen-bond donors (Lipinski definition) is 3. The lowest BCUT2D eigenvalue weighted by Crippen LogP contribution is -2.34. The van der Waals surface area contributed by atoms with E-state index in [1.54, 1.807) is 6.20 Å². The van der Waals surface area contributed by atoms with E-state index in [1.165, 1.54) is 12.8 Å². The van der Waals surface area contributed by atoms with E-state index in [-0.39, 0.29) is 11.1 Å². The number of aromatic amines is 1.